The summed E-state index contributed by atoms with van der Waals surface area (Å²) in [5.41, 5.74) is 1.40. The van der Waals surface area contributed by atoms with Gasteiger partial charge in [-0.05, 0) is 25.8 Å². The molecular formula is C14H22N4. The van der Waals surface area contributed by atoms with E-state index < -0.39 is 0 Å². The van der Waals surface area contributed by atoms with Crippen LogP contribution in [0.2, 0.25) is 0 Å². The summed E-state index contributed by atoms with van der Waals surface area (Å²) in [6.45, 7) is 5.20. The third-order valence-electron chi connectivity index (χ3n) is 3.60. The number of hydrogen-bond donors (Lipinski definition) is 1. The molecule has 1 fully saturated rings. The van der Waals surface area contributed by atoms with Crippen LogP contribution in [-0.4, -0.2) is 22.6 Å². The monoisotopic (exact) mass is 246 g/mol. The molecular weight excluding hydrogens is 224 g/mol. The molecule has 1 aliphatic rings. The van der Waals surface area contributed by atoms with E-state index in [9.17, 15) is 0 Å². The number of nitrogens with one attached hydrogen (secondary N) is 1. The lowest BCUT2D eigenvalue weighted by atomic mass is 10.0. The number of imidazole rings is 1. The second kappa shape index (κ2) is 6.01. The molecule has 4 heteroatoms. The van der Waals surface area contributed by atoms with Crippen molar-refractivity contribution < 1.29 is 0 Å². The first-order valence-electron chi connectivity index (χ1n) is 6.86. The van der Waals surface area contributed by atoms with Crippen molar-refractivity contribution in [1.29, 1.82) is 5.26 Å². The zero-order valence-corrected chi connectivity index (χ0v) is 11.2. The Bertz CT molecular complexity index is 412. The first kappa shape index (κ1) is 13.1. The van der Waals surface area contributed by atoms with Gasteiger partial charge >= 0.3 is 0 Å². The second-order valence-corrected chi connectivity index (χ2v) is 5.37. The largest absolute Gasteiger partial charge is 0.337 e. The zero-order valence-electron chi connectivity index (χ0n) is 11.2. The summed E-state index contributed by atoms with van der Waals surface area (Å²) >= 11 is 0. The molecule has 0 aromatic carbocycles. The summed E-state index contributed by atoms with van der Waals surface area (Å²) in [6, 6.07) is 2.30. The van der Waals surface area contributed by atoms with Gasteiger partial charge < -0.3 is 9.88 Å². The molecule has 1 aliphatic carbocycles. The van der Waals surface area contributed by atoms with Crippen LogP contribution in [0.15, 0.2) is 12.5 Å². The summed E-state index contributed by atoms with van der Waals surface area (Å²) in [6.07, 6.45) is 9.25. The van der Waals surface area contributed by atoms with E-state index in [0.29, 0.717) is 6.42 Å². The molecule has 98 valence electrons. The van der Waals surface area contributed by atoms with E-state index in [1.54, 1.807) is 0 Å². The van der Waals surface area contributed by atoms with Crippen molar-refractivity contribution in [2.75, 3.05) is 13.1 Å². The molecule has 1 saturated carbocycles. The lowest BCUT2D eigenvalue weighted by molar-refractivity contribution is 0.431. The van der Waals surface area contributed by atoms with Gasteiger partial charge in [0.1, 0.15) is 0 Å². The average Bonchev–Trinajstić information content (AvgIpc) is 2.96. The van der Waals surface area contributed by atoms with Crippen LogP contribution in [0.3, 0.4) is 0 Å². The van der Waals surface area contributed by atoms with Gasteiger partial charge in [-0.25, -0.2) is 4.98 Å². The van der Waals surface area contributed by atoms with Gasteiger partial charge in [-0.1, -0.05) is 6.92 Å². The molecule has 1 N–H and O–H groups in total. The van der Waals surface area contributed by atoms with E-state index in [1.807, 2.05) is 6.33 Å². The van der Waals surface area contributed by atoms with Crippen molar-refractivity contribution in [3.05, 3.63) is 18.2 Å². The van der Waals surface area contributed by atoms with Crippen LogP contribution >= 0.6 is 0 Å². The van der Waals surface area contributed by atoms with Crippen molar-refractivity contribution in [1.82, 2.24) is 14.9 Å². The molecule has 0 spiro atoms. The van der Waals surface area contributed by atoms with Crippen LogP contribution in [0.5, 0.6) is 0 Å². The molecule has 0 atom stereocenters. The van der Waals surface area contributed by atoms with Crippen LogP contribution in [0.4, 0.5) is 0 Å². The van der Waals surface area contributed by atoms with Crippen molar-refractivity contribution in [2.24, 2.45) is 5.41 Å². The highest BCUT2D eigenvalue weighted by Crippen LogP contribution is 2.49. The predicted octanol–water partition coefficient (Wildman–Crippen LogP) is 2.12. The highest BCUT2D eigenvalue weighted by molar-refractivity contribution is 5.03. The Morgan fingerprint density at radius 2 is 2.33 bits per heavy atom. The van der Waals surface area contributed by atoms with Gasteiger partial charge in [0.05, 0.1) is 18.1 Å². The Labute approximate surface area is 109 Å². The minimum atomic E-state index is 0.257. The Kier molecular flexibility index (Phi) is 4.38. The summed E-state index contributed by atoms with van der Waals surface area (Å²) in [4.78, 5) is 4.43. The fraction of sp³-hybridized carbons (Fsp3) is 0.714. The van der Waals surface area contributed by atoms with Crippen LogP contribution in [0.1, 0.15) is 38.3 Å². The Morgan fingerprint density at radius 3 is 3.00 bits per heavy atom. The lowest BCUT2D eigenvalue weighted by Gasteiger charge is -2.10. The van der Waals surface area contributed by atoms with Crippen molar-refractivity contribution >= 4 is 0 Å². The first-order chi connectivity index (χ1) is 8.78. The SMILES string of the molecule is CCCNCCc1cn(CC2(CC#N)CC2)cn1. The second-order valence-electron chi connectivity index (χ2n) is 5.37. The summed E-state index contributed by atoms with van der Waals surface area (Å²) < 4.78 is 2.15. The van der Waals surface area contributed by atoms with E-state index in [2.05, 4.69) is 34.1 Å². The standard InChI is InChI=1S/C14H22N4/c1-2-8-16-9-3-13-10-18(12-17-13)11-14(4-5-14)6-7-15/h10,12,16H,2-6,8-9,11H2,1H3. The molecule has 1 heterocycles. The van der Waals surface area contributed by atoms with Crippen molar-refractivity contribution in [3.8, 4) is 6.07 Å². The molecule has 0 amide bonds. The fourth-order valence-corrected chi connectivity index (χ4v) is 2.26. The number of aromatic nitrogens is 2. The van der Waals surface area contributed by atoms with Gasteiger partial charge in [0.25, 0.3) is 0 Å². The molecule has 18 heavy (non-hydrogen) atoms. The maximum atomic E-state index is 8.81. The van der Waals surface area contributed by atoms with Crippen molar-refractivity contribution in [3.63, 3.8) is 0 Å². The van der Waals surface area contributed by atoms with Gasteiger partial charge in [-0.3, -0.25) is 0 Å². The number of nitrogens with zero attached hydrogens (tertiary/aromatic N) is 3. The predicted molar refractivity (Wildman–Crippen MR) is 71.0 cm³/mol. The minimum absolute atomic E-state index is 0.257. The van der Waals surface area contributed by atoms with E-state index in [-0.39, 0.29) is 5.41 Å². The highest BCUT2D eigenvalue weighted by atomic mass is 15.0. The maximum absolute atomic E-state index is 8.81. The fourth-order valence-electron chi connectivity index (χ4n) is 2.26. The molecule has 4 nitrogen and oxygen atoms in total. The average molecular weight is 246 g/mol. The number of nitriles is 1. The van der Waals surface area contributed by atoms with Gasteiger partial charge in [0.15, 0.2) is 0 Å². The minimum Gasteiger partial charge on any atom is -0.337 e. The lowest BCUT2D eigenvalue weighted by Crippen LogP contribution is -2.17. The van der Waals surface area contributed by atoms with E-state index in [1.165, 1.54) is 19.3 Å². The Morgan fingerprint density at radius 1 is 1.50 bits per heavy atom. The Balaban J connectivity index is 1.78. The van der Waals surface area contributed by atoms with Crippen LogP contribution < -0.4 is 5.32 Å². The van der Waals surface area contributed by atoms with E-state index in [4.69, 9.17) is 5.26 Å². The van der Waals surface area contributed by atoms with Crippen LogP contribution in [0.25, 0.3) is 0 Å². The maximum Gasteiger partial charge on any atom is 0.0949 e. The third-order valence-corrected chi connectivity index (χ3v) is 3.60. The van der Waals surface area contributed by atoms with E-state index in [0.717, 1.165) is 31.7 Å². The normalized spacial score (nSPS) is 16.4. The van der Waals surface area contributed by atoms with Crippen LogP contribution in [-0.2, 0) is 13.0 Å². The molecule has 0 radical (unpaired) electrons. The highest BCUT2D eigenvalue weighted by Gasteiger charge is 2.42. The molecule has 0 bridgehead atoms. The van der Waals surface area contributed by atoms with E-state index >= 15 is 0 Å². The third kappa shape index (κ3) is 3.58. The van der Waals surface area contributed by atoms with Crippen LogP contribution in [0, 0.1) is 16.7 Å². The smallest absolute Gasteiger partial charge is 0.0949 e. The van der Waals surface area contributed by atoms with Gasteiger partial charge in [0, 0.05) is 37.5 Å². The summed E-state index contributed by atoms with van der Waals surface area (Å²) in [5.74, 6) is 0. The molecule has 0 unspecified atom stereocenters. The zero-order chi connectivity index (χ0) is 12.8. The van der Waals surface area contributed by atoms with Gasteiger partial charge in [0.2, 0.25) is 0 Å². The molecule has 0 aliphatic heterocycles. The summed E-state index contributed by atoms with van der Waals surface area (Å²) in [5, 5.41) is 12.2. The quantitative estimate of drug-likeness (QED) is 0.715. The number of rotatable bonds is 8. The topological polar surface area (TPSA) is 53.6 Å². The molecule has 0 saturated heterocycles. The summed E-state index contributed by atoms with van der Waals surface area (Å²) in [7, 11) is 0. The number of hydrogen-bond acceptors (Lipinski definition) is 3. The van der Waals surface area contributed by atoms with Gasteiger partial charge in [-0.15, -0.1) is 0 Å². The molecule has 1 aromatic rings. The van der Waals surface area contributed by atoms with Crippen molar-refractivity contribution in [2.45, 2.75) is 45.6 Å². The first-order valence-corrected chi connectivity index (χ1v) is 6.86. The van der Waals surface area contributed by atoms with Gasteiger partial charge in [-0.2, -0.15) is 5.26 Å². The molecule has 2 rings (SSSR count). The Hall–Kier alpha value is -1.34. The molecule has 1 aromatic heterocycles.